The minimum Gasteiger partial charge on any atom is -0.394 e. The second kappa shape index (κ2) is 17.3. The molecule has 0 aromatic heterocycles. The van der Waals surface area contributed by atoms with Gasteiger partial charge in [0.15, 0.2) is 0 Å². The smallest absolute Gasteiger partial charge is 0.224 e. The summed E-state index contributed by atoms with van der Waals surface area (Å²) in [5.41, 5.74) is 3.80. The molecule has 0 bridgehead atoms. The third-order valence-corrected chi connectivity index (χ3v) is 8.71. The van der Waals surface area contributed by atoms with E-state index < -0.39 is 12.1 Å². The lowest BCUT2D eigenvalue weighted by Crippen LogP contribution is -2.39. The molecule has 43 heavy (non-hydrogen) atoms. The van der Waals surface area contributed by atoms with Gasteiger partial charge in [0.25, 0.3) is 0 Å². The van der Waals surface area contributed by atoms with Gasteiger partial charge in [-0.25, -0.2) is 0 Å². The maximum atomic E-state index is 13.6. The fourth-order valence-electron chi connectivity index (χ4n) is 5.02. The lowest BCUT2D eigenvalue weighted by molar-refractivity contribution is -0.126. The predicted molar refractivity (Wildman–Crippen MR) is 173 cm³/mol. The topological polar surface area (TPSA) is 98.7 Å². The Morgan fingerprint density at radius 2 is 0.860 bits per heavy atom. The Morgan fingerprint density at radius 3 is 1.19 bits per heavy atom. The van der Waals surface area contributed by atoms with Crippen LogP contribution in [0.3, 0.4) is 0 Å². The first kappa shape index (κ1) is 32.0. The number of hydrogen-bond acceptors (Lipinski definition) is 5. The van der Waals surface area contributed by atoms with Gasteiger partial charge in [0.1, 0.15) is 0 Å². The molecule has 0 spiro atoms. The average Bonchev–Trinajstić information content (AvgIpc) is 3.06. The number of carbonyl (C=O) groups excluding carboxylic acids is 2. The van der Waals surface area contributed by atoms with E-state index in [-0.39, 0.29) is 36.9 Å². The number of aliphatic hydroxyl groups is 2. The van der Waals surface area contributed by atoms with Crippen LogP contribution in [0, 0.1) is 11.8 Å². The van der Waals surface area contributed by atoms with Crippen LogP contribution in [0.25, 0.3) is 0 Å². The first-order chi connectivity index (χ1) is 21.1. The highest BCUT2D eigenvalue weighted by molar-refractivity contribution is 7.99. The van der Waals surface area contributed by atoms with Gasteiger partial charge in [-0.15, -0.1) is 0 Å². The van der Waals surface area contributed by atoms with Crippen molar-refractivity contribution in [3.63, 3.8) is 0 Å². The van der Waals surface area contributed by atoms with Crippen LogP contribution >= 0.6 is 11.8 Å². The molecule has 2 amide bonds. The summed E-state index contributed by atoms with van der Waals surface area (Å²) in [5.74, 6) is 0.0311. The molecule has 0 fully saturated rings. The molecule has 4 rings (SSSR count). The highest BCUT2D eigenvalue weighted by Gasteiger charge is 2.26. The van der Waals surface area contributed by atoms with Crippen molar-refractivity contribution in [3.8, 4) is 0 Å². The quantitative estimate of drug-likeness (QED) is 0.144. The van der Waals surface area contributed by atoms with Gasteiger partial charge in [-0.1, -0.05) is 121 Å². The van der Waals surface area contributed by atoms with Gasteiger partial charge in [0.2, 0.25) is 11.8 Å². The van der Waals surface area contributed by atoms with Gasteiger partial charge in [-0.3, -0.25) is 9.59 Å². The molecule has 0 unspecified atom stereocenters. The summed E-state index contributed by atoms with van der Waals surface area (Å²) < 4.78 is 0. The number of amides is 2. The molecule has 7 heteroatoms. The van der Waals surface area contributed by atoms with E-state index in [2.05, 4.69) is 10.6 Å². The first-order valence-electron chi connectivity index (χ1n) is 14.6. The standard InChI is InChI=1S/C36H40N2O4S/c39-23-33(29-17-9-3-10-18-29)37-35(41)31(21-27-13-5-1-6-14-27)25-43-26-32(22-28-15-7-2-8-16-28)36(42)38-34(24-40)30-19-11-4-12-20-30/h1-20,31-34,39-40H,21-26H2,(H,37,41)(H,38,42)/t31-,32-,33+,34+/m1/s1. The van der Waals surface area contributed by atoms with Crippen LogP contribution in [0.1, 0.15) is 34.3 Å². The highest BCUT2D eigenvalue weighted by atomic mass is 32.2. The largest absolute Gasteiger partial charge is 0.394 e. The molecule has 0 heterocycles. The van der Waals surface area contributed by atoms with E-state index in [0.717, 1.165) is 22.3 Å². The van der Waals surface area contributed by atoms with Crippen molar-refractivity contribution in [2.75, 3.05) is 24.7 Å². The van der Waals surface area contributed by atoms with E-state index in [1.54, 1.807) is 11.8 Å². The Bertz CT molecular complexity index is 1270. The van der Waals surface area contributed by atoms with E-state index in [1.165, 1.54) is 0 Å². The monoisotopic (exact) mass is 596 g/mol. The van der Waals surface area contributed by atoms with Crippen LogP contribution in [0.15, 0.2) is 121 Å². The van der Waals surface area contributed by atoms with E-state index in [1.807, 2.05) is 121 Å². The van der Waals surface area contributed by atoms with Crippen molar-refractivity contribution in [1.29, 1.82) is 0 Å². The Balaban J connectivity index is 1.46. The summed E-state index contributed by atoms with van der Waals surface area (Å²) in [5, 5.41) is 26.2. The van der Waals surface area contributed by atoms with E-state index in [9.17, 15) is 19.8 Å². The van der Waals surface area contributed by atoms with Crippen molar-refractivity contribution in [2.45, 2.75) is 24.9 Å². The zero-order chi connectivity index (χ0) is 30.3. The Morgan fingerprint density at radius 1 is 0.535 bits per heavy atom. The Kier molecular flexibility index (Phi) is 12.9. The average molecular weight is 597 g/mol. The summed E-state index contributed by atoms with van der Waals surface area (Å²) in [6, 6.07) is 37.7. The molecule has 4 atom stereocenters. The van der Waals surface area contributed by atoms with Crippen LogP contribution < -0.4 is 10.6 Å². The maximum Gasteiger partial charge on any atom is 0.224 e. The molecule has 6 nitrogen and oxygen atoms in total. The minimum atomic E-state index is -0.498. The molecule has 0 aliphatic heterocycles. The molecule has 0 aliphatic rings. The Hall–Kier alpha value is -3.91. The van der Waals surface area contributed by atoms with Crippen molar-refractivity contribution in [3.05, 3.63) is 144 Å². The lowest BCUT2D eigenvalue weighted by Gasteiger charge is -2.24. The second-order valence-corrected chi connectivity index (χ2v) is 11.7. The van der Waals surface area contributed by atoms with E-state index in [0.29, 0.717) is 24.3 Å². The summed E-state index contributed by atoms with van der Waals surface area (Å²) in [7, 11) is 0. The number of hydrogen-bond donors (Lipinski definition) is 4. The van der Waals surface area contributed by atoms with Crippen molar-refractivity contribution < 1.29 is 19.8 Å². The number of carbonyl (C=O) groups is 2. The predicted octanol–water partition coefficient (Wildman–Crippen LogP) is 5.14. The van der Waals surface area contributed by atoms with Crippen LogP contribution in [0.2, 0.25) is 0 Å². The lowest BCUT2D eigenvalue weighted by atomic mass is 9.99. The molecule has 0 radical (unpaired) electrons. The zero-order valence-corrected chi connectivity index (χ0v) is 25.0. The normalized spacial score (nSPS) is 13.8. The van der Waals surface area contributed by atoms with Crippen LogP contribution in [-0.2, 0) is 22.4 Å². The fourth-order valence-corrected chi connectivity index (χ4v) is 6.27. The maximum absolute atomic E-state index is 13.6. The van der Waals surface area contributed by atoms with Gasteiger partial charge in [-0.2, -0.15) is 11.8 Å². The highest BCUT2D eigenvalue weighted by Crippen LogP contribution is 2.23. The van der Waals surface area contributed by atoms with Crippen LogP contribution in [-0.4, -0.2) is 46.7 Å². The molecule has 224 valence electrons. The molecule has 4 N–H and O–H groups in total. The molecule has 0 saturated heterocycles. The molecule has 4 aromatic rings. The number of nitrogens with one attached hydrogen (secondary N) is 2. The number of rotatable bonds is 16. The molecule has 0 aliphatic carbocycles. The van der Waals surface area contributed by atoms with E-state index >= 15 is 0 Å². The van der Waals surface area contributed by atoms with Gasteiger partial charge >= 0.3 is 0 Å². The number of aliphatic hydroxyl groups excluding tert-OH is 2. The number of benzene rings is 4. The van der Waals surface area contributed by atoms with Crippen molar-refractivity contribution in [1.82, 2.24) is 10.6 Å². The summed E-state index contributed by atoms with van der Waals surface area (Å²) in [4.78, 5) is 27.2. The minimum absolute atomic E-state index is 0.132. The fraction of sp³-hybridized carbons (Fsp3) is 0.278. The van der Waals surface area contributed by atoms with Gasteiger partial charge < -0.3 is 20.8 Å². The van der Waals surface area contributed by atoms with Gasteiger partial charge in [0, 0.05) is 11.5 Å². The Labute approximate surface area is 258 Å². The van der Waals surface area contributed by atoms with Crippen molar-refractivity contribution >= 4 is 23.6 Å². The van der Waals surface area contributed by atoms with Gasteiger partial charge in [0.05, 0.1) is 37.1 Å². The summed E-state index contributed by atoms with van der Waals surface area (Å²) >= 11 is 1.58. The van der Waals surface area contributed by atoms with Crippen molar-refractivity contribution in [2.24, 2.45) is 11.8 Å². The van der Waals surface area contributed by atoms with Crippen LogP contribution in [0.4, 0.5) is 0 Å². The molecule has 4 aromatic carbocycles. The third kappa shape index (κ3) is 10.1. The first-order valence-corrected chi connectivity index (χ1v) is 15.8. The SMILES string of the molecule is O=C(N[C@@H](CO)c1ccccc1)[C@@H](CSC[C@@H](Cc1ccccc1)C(=O)N[C@@H](CO)c1ccccc1)Cc1ccccc1. The molecule has 0 saturated carbocycles. The molecular formula is C36H40N2O4S. The van der Waals surface area contributed by atoms with E-state index in [4.69, 9.17) is 0 Å². The summed E-state index contributed by atoms with van der Waals surface area (Å²) in [6.07, 6.45) is 1.09. The number of thioether (sulfide) groups is 1. The molecular weight excluding hydrogens is 556 g/mol. The van der Waals surface area contributed by atoms with Gasteiger partial charge in [-0.05, 0) is 35.1 Å². The zero-order valence-electron chi connectivity index (χ0n) is 24.2. The third-order valence-electron chi connectivity index (χ3n) is 7.43. The summed E-state index contributed by atoms with van der Waals surface area (Å²) in [6.45, 7) is -0.401. The second-order valence-electron chi connectivity index (χ2n) is 10.6. The van der Waals surface area contributed by atoms with Crippen LogP contribution in [0.5, 0.6) is 0 Å².